The van der Waals surface area contributed by atoms with Crippen molar-refractivity contribution in [3.05, 3.63) is 36.5 Å². The third-order valence-corrected chi connectivity index (χ3v) is 6.82. The molecule has 4 nitrogen and oxygen atoms in total. The van der Waals surface area contributed by atoms with Gasteiger partial charge in [-0.1, -0.05) is 115 Å². The maximum atomic E-state index is 12.5. The van der Waals surface area contributed by atoms with E-state index in [0.29, 0.717) is 6.42 Å². The average Bonchev–Trinajstić information content (AvgIpc) is 2.89. The summed E-state index contributed by atoms with van der Waals surface area (Å²) < 4.78 is 5.82. The highest BCUT2D eigenvalue weighted by molar-refractivity contribution is 5.69. The van der Waals surface area contributed by atoms with Crippen LogP contribution in [0.3, 0.4) is 0 Å². The summed E-state index contributed by atoms with van der Waals surface area (Å²) in [7, 11) is 0. The van der Waals surface area contributed by atoms with Crippen LogP contribution in [0, 0.1) is 0 Å². The molecule has 0 saturated carbocycles. The van der Waals surface area contributed by atoms with Gasteiger partial charge in [0.2, 0.25) is 0 Å². The quantitative estimate of drug-likeness (QED) is 0.0618. The average molecular weight is 533 g/mol. The summed E-state index contributed by atoms with van der Waals surface area (Å²) in [6, 6.07) is 0. The summed E-state index contributed by atoms with van der Waals surface area (Å²) >= 11 is 0. The van der Waals surface area contributed by atoms with E-state index in [1.165, 1.54) is 70.6 Å². The van der Waals surface area contributed by atoms with Gasteiger partial charge >= 0.3 is 11.9 Å². The second-order valence-electron chi connectivity index (χ2n) is 10.6. The molecular weight excluding hydrogens is 472 g/mol. The van der Waals surface area contributed by atoms with Crippen molar-refractivity contribution < 1.29 is 19.4 Å². The van der Waals surface area contributed by atoms with Crippen molar-refractivity contribution in [2.24, 2.45) is 0 Å². The highest BCUT2D eigenvalue weighted by Crippen LogP contribution is 2.15. The summed E-state index contributed by atoms with van der Waals surface area (Å²) in [5, 5.41) is 8.77. The van der Waals surface area contributed by atoms with E-state index in [1.54, 1.807) is 0 Å². The summed E-state index contributed by atoms with van der Waals surface area (Å²) in [4.78, 5) is 23.1. The molecule has 0 radical (unpaired) electrons. The van der Waals surface area contributed by atoms with Gasteiger partial charge in [0.05, 0.1) is 0 Å². The molecular formula is C34H60O4. The van der Waals surface area contributed by atoms with Crippen molar-refractivity contribution in [3.63, 3.8) is 0 Å². The Bertz CT molecular complexity index is 620. The number of esters is 1. The Labute approximate surface area is 235 Å². The van der Waals surface area contributed by atoms with Gasteiger partial charge in [0.25, 0.3) is 0 Å². The molecule has 0 rings (SSSR count). The molecule has 0 saturated heterocycles. The number of carbonyl (C=O) groups excluding carboxylic acids is 1. The summed E-state index contributed by atoms with van der Waals surface area (Å²) in [6.45, 7) is 4.46. The lowest BCUT2D eigenvalue weighted by atomic mass is 10.1. The van der Waals surface area contributed by atoms with E-state index >= 15 is 0 Å². The molecule has 0 amide bonds. The Morgan fingerprint density at radius 3 is 1.79 bits per heavy atom. The topological polar surface area (TPSA) is 63.6 Å². The SMILES string of the molecule is CCCC/C=C\C/C=C\CCCCCCCC(=O)OC(/C=C\CCCCCCC)CCCCCCC(=O)O. The van der Waals surface area contributed by atoms with E-state index in [1.807, 2.05) is 0 Å². The van der Waals surface area contributed by atoms with Gasteiger partial charge in [0.15, 0.2) is 0 Å². The van der Waals surface area contributed by atoms with Gasteiger partial charge in [-0.3, -0.25) is 9.59 Å². The molecule has 0 aliphatic heterocycles. The predicted molar refractivity (Wildman–Crippen MR) is 162 cm³/mol. The fourth-order valence-corrected chi connectivity index (χ4v) is 4.40. The highest BCUT2D eigenvalue weighted by Gasteiger charge is 2.11. The Morgan fingerprint density at radius 2 is 1.13 bits per heavy atom. The molecule has 0 aliphatic carbocycles. The molecule has 0 heterocycles. The van der Waals surface area contributed by atoms with Crippen LogP contribution in [0.1, 0.15) is 162 Å². The summed E-state index contributed by atoms with van der Waals surface area (Å²) in [5.41, 5.74) is 0. The first-order valence-corrected chi connectivity index (χ1v) is 16.0. The van der Waals surface area contributed by atoms with Crippen molar-refractivity contribution >= 4 is 11.9 Å². The summed E-state index contributed by atoms with van der Waals surface area (Å²) in [5.74, 6) is -0.805. The molecule has 0 fully saturated rings. The van der Waals surface area contributed by atoms with Gasteiger partial charge in [-0.25, -0.2) is 0 Å². The molecule has 1 N–H and O–H groups in total. The molecule has 1 atom stereocenters. The van der Waals surface area contributed by atoms with Gasteiger partial charge in [-0.15, -0.1) is 0 Å². The van der Waals surface area contributed by atoms with Crippen LogP contribution in [-0.2, 0) is 14.3 Å². The number of ether oxygens (including phenoxy) is 1. The number of aliphatic carboxylic acids is 1. The first-order chi connectivity index (χ1) is 18.6. The molecule has 0 aromatic carbocycles. The van der Waals surface area contributed by atoms with Crippen molar-refractivity contribution in [2.45, 2.75) is 168 Å². The molecule has 1 unspecified atom stereocenters. The first-order valence-electron chi connectivity index (χ1n) is 16.0. The third-order valence-electron chi connectivity index (χ3n) is 6.82. The van der Waals surface area contributed by atoms with Crippen LogP contribution in [0.5, 0.6) is 0 Å². The minimum Gasteiger partial charge on any atom is -0.481 e. The zero-order valence-electron chi connectivity index (χ0n) is 25.0. The van der Waals surface area contributed by atoms with Crippen molar-refractivity contribution in [1.29, 1.82) is 0 Å². The third kappa shape index (κ3) is 28.7. The number of unbranched alkanes of at least 4 members (excludes halogenated alkanes) is 15. The van der Waals surface area contributed by atoms with Crippen LogP contribution in [0.25, 0.3) is 0 Å². The number of rotatable bonds is 28. The van der Waals surface area contributed by atoms with Crippen molar-refractivity contribution in [2.75, 3.05) is 0 Å². The van der Waals surface area contributed by atoms with Crippen LogP contribution in [0.4, 0.5) is 0 Å². The first kappa shape index (κ1) is 36.2. The standard InChI is InChI=1S/C34H60O4/c1-3-5-7-9-11-12-13-14-15-16-17-19-21-27-31-34(37)38-32(28-24-20-18-10-8-6-4-2)29-25-22-23-26-30-33(35)36/h9,11,13-14,24,28,32H,3-8,10,12,15-23,25-27,29-31H2,1-2H3,(H,35,36)/b11-9-,14-13-,28-24-. The van der Waals surface area contributed by atoms with E-state index in [9.17, 15) is 9.59 Å². The fourth-order valence-electron chi connectivity index (χ4n) is 4.40. The van der Waals surface area contributed by atoms with E-state index in [-0.39, 0.29) is 18.5 Å². The molecule has 0 aromatic heterocycles. The maximum absolute atomic E-state index is 12.5. The zero-order valence-corrected chi connectivity index (χ0v) is 25.0. The molecule has 220 valence electrons. The number of hydrogen-bond donors (Lipinski definition) is 1. The number of hydrogen-bond acceptors (Lipinski definition) is 3. The number of carbonyl (C=O) groups is 2. The van der Waals surface area contributed by atoms with Crippen LogP contribution in [-0.4, -0.2) is 23.1 Å². The molecule has 0 aromatic rings. The normalized spacial score (nSPS) is 12.7. The van der Waals surface area contributed by atoms with E-state index < -0.39 is 5.97 Å². The van der Waals surface area contributed by atoms with Gasteiger partial charge in [-0.2, -0.15) is 0 Å². The lowest BCUT2D eigenvalue weighted by molar-refractivity contribution is -0.147. The van der Waals surface area contributed by atoms with E-state index in [4.69, 9.17) is 9.84 Å². The molecule has 38 heavy (non-hydrogen) atoms. The van der Waals surface area contributed by atoms with Crippen molar-refractivity contribution in [3.8, 4) is 0 Å². The number of allylic oxidation sites excluding steroid dienone is 5. The Balaban J connectivity index is 4.06. The van der Waals surface area contributed by atoms with Gasteiger partial charge in [0.1, 0.15) is 6.10 Å². The second kappa shape index (κ2) is 29.7. The van der Waals surface area contributed by atoms with Crippen molar-refractivity contribution in [1.82, 2.24) is 0 Å². The zero-order chi connectivity index (χ0) is 27.9. The Morgan fingerprint density at radius 1 is 0.605 bits per heavy atom. The second-order valence-corrected chi connectivity index (χ2v) is 10.6. The predicted octanol–water partition coefficient (Wildman–Crippen LogP) is 10.7. The van der Waals surface area contributed by atoms with Crippen LogP contribution >= 0.6 is 0 Å². The van der Waals surface area contributed by atoms with Crippen LogP contribution in [0.15, 0.2) is 36.5 Å². The van der Waals surface area contributed by atoms with Crippen LogP contribution in [0.2, 0.25) is 0 Å². The minimum atomic E-state index is -0.725. The molecule has 0 aliphatic rings. The molecule has 4 heteroatoms. The van der Waals surface area contributed by atoms with E-state index in [0.717, 1.165) is 64.2 Å². The number of carboxylic acids is 1. The lowest BCUT2D eigenvalue weighted by Crippen LogP contribution is -2.16. The number of carboxylic acid groups (broad SMARTS) is 1. The van der Waals surface area contributed by atoms with Gasteiger partial charge in [-0.05, 0) is 70.3 Å². The lowest BCUT2D eigenvalue weighted by Gasteiger charge is -2.15. The maximum Gasteiger partial charge on any atom is 0.306 e. The largest absolute Gasteiger partial charge is 0.481 e. The molecule has 0 bridgehead atoms. The summed E-state index contributed by atoms with van der Waals surface area (Å²) in [6.07, 6.45) is 37.3. The Hall–Kier alpha value is -1.84. The Kier molecular flexibility index (Phi) is 28.3. The molecule has 0 spiro atoms. The smallest absolute Gasteiger partial charge is 0.306 e. The van der Waals surface area contributed by atoms with E-state index in [2.05, 4.69) is 50.3 Å². The monoisotopic (exact) mass is 532 g/mol. The fraction of sp³-hybridized carbons (Fsp3) is 0.765. The van der Waals surface area contributed by atoms with Gasteiger partial charge in [0, 0.05) is 12.8 Å². The minimum absolute atomic E-state index is 0.0802. The van der Waals surface area contributed by atoms with Gasteiger partial charge < -0.3 is 9.84 Å². The van der Waals surface area contributed by atoms with Crippen LogP contribution < -0.4 is 0 Å². The highest BCUT2D eigenvalue weighted by atomic mass is 16.5.